The predicted molar refractivity (Wildman–Crippen MR) is 92.0 cm³/mol. The van der Waals surface area contributed by atoms with Crippen molar-refractivity contribution in [2.75, 3.05) is 13.2 Å². The van der Waals surface area contributed by atoms with E-state index in [0.29, 0.717) is 13.0 Å². The maximum atomic E-state index is 12.7. The average molecular weight is 362 g/mol. The third kappa shape index (κ3) is 3.92. The maximum Gasteiger partial charge on any atom is 0.272 e. The molecular weight excluding hydrogens is 342 g/mol. The second kappa shape index (κ2) is 7.68. The van der Waals surface area contributed by atoms with Crippen molar-refractivity contribution in [3.8, 4) is 11.6 Å². The standard InChI is InChI=1S/C19H20F2N2O3/c1-11-8-12(2)17-14(9-11)15(5-7-25-17)23-18(24)13-4-3-6-22-19(13)26-10-16(20)21/h3-4,6,8-9,15-16H,5,7,10H2,1-2H3,(H,23,24)/t15-/m1/s1. The van der Waals surface area contributed by atoms with Gasteiger partial charge in [-0.05, 0) is 31.5 Å². The Morgan fingerprint density at radius 1 is 1.42 bits per heavy atom. The Balaban J connectivity index is 1.82. The van der Waals surface area contributed by atoms with Crippen molar-refractivity contribution < 1.29 is 23.0 Å². The molecule has 1 aromatic carbocycles. The number of aryl methyl sites for hydroxylation is 2. The molecule has 1 aromatic heterocycles. The first-order valence-electron chi connectivity index (χ1n) is 8.36. The van der Waals surface area contributed by atoms with Crippen molar-refractivity contribution >= 4 is 5.91 Å². The van der Waals surface area contributed by atoms with E-state index in [1.165, 1.54) is 12.3 Å². The van der Waals surface area contributed by atoms with E-state index in [0.717, 1.165) is 22.4 Å². The average Bonchev–Trinajstić information content (AvgIpc) is 2.60. The monoisotopic (exact) mass is 362 g/mol. The van der Waals surface area contributed by atoms with Gasteiger partial charge in [-0.2, -0.15) is 0 Å². The van der Waals surface area contributed by atoms with Crippen LogP contribution < -0.4 is 14.8 Å². The van der Waals surface area contributed by atoms with E-state index >= 15 is 0 Å². The van der Waals surface area contributed by atoms with Crippen LogP contribution in [0.3, 0.4) is 0 Å². The summed E-state index contributed by atoms with van der Waals surface area (Å²) in [6, 6.07) is 6.86. The van der Waals surface area contributed by atoms with Crippen LogP contribution in [0.25, 0.3) is 0 Å². The summed E-state index contributed by atoms with van der Waals surface area (Å²) in [5.41, 5.74) is 3.14. The molecule has 3 rings (SSSR count). The third-order valence-electron chi connectivity index (χ3n) is 4.14. The molecule has 2 heterocycles. The molecular formula is C19H20F2N2O3. The number of carbonyl (C=O) groups is 1. The van der Waals surface area contributed by atoms with Crippen LogP contribution in [0.5, 0.6) is 11.6 Å². The van der Waals surface area contributed by atoms with E-state index in [-0.39, 0.29) is 17.5 Å². The summed E-state index contributed by atoms with van der Waals surface area (Å²) >= 11 is 0. The first-order chi connectivity index (χ1) is 12.5. The Hall–Kier alpha value is -2.70. The first-order valence-corrected chi connectivity index (χ1v) is 8.36. The van der Waals surface area contributed by atoms with E-state index in [4.69, 9.17) is 9.47 Å². The summed E-state index contributed by atoms with van der Waals surface area (Å²) in [5, 5.41) is 2.95. The molecule has 0 radical (unpaired) electrons. The van der Waals surface area contributed by atoms with E-state index in [1.54, 1.807) is 6.07 Å². The number of nitrogens with zero attached hydrogens (tertiary/aromatic N) is 1. The van der Waals surface area contributed by atoms with Gasteiger partial charge in [0.1, 0.15) is 11.3 Å². The molecule has 26 heavy (non-hydrogen) atoms. The van der Waals surface area contributed by atoms with Crippen LogP contribution >= 0.6 is 0 Å². The van der Waals surface area contributed by atoms with Crippen LogP contribution in [0.4, 0.5) is 8.78 Å². The number of rotatable bonds is 5. The van der Waals surface area contributed by atoms with Crippen molar-refractivity contribution in [3.05, 3.63) is 52.7 Å². The fourth-order valence-corrected chi connectivity index (χ4v) is 3.08. The molecule has 0 unspecified atom stereocenters. The minimum absolute atomic E-state index is 0.0991. The topological polar surface area (TPSA) is 60.5 Å². The summed E-state index contributed by atoms with van der Waals surface area (Å²) < 4.78 is 35.5. The molecule has 138 valence electrons. The highest BCUT2D eigenvalue weighted by molar-refractivity contribution is 5.96. The SMILES string of the molecule is Cc1cc(C)c2c(c1)[C@H](NC(=O)c1cccnc1OCC(F)F)CCO2. The Kier molecular flexibility index (Phi) is 5.35. The van der Waals surface area contributed by atoms with E-state index in [9.17, 15) is 13.6 Å². The van der Waals surface area contributed by atoms with Crippen LogP contribution in [-0.2, 0) is 0 Å². The van der Waals surface area contributed by atoms with E-state index in [2.05, 4.69) is 10.3 Å². The second-order valence-electron chi connectivity index (χ2n) is 6.22. The molecule has 1 aliphatic heterocycles. The molecule has 1 atom stereocenters. The van der Waals surface area contributed by atoms with Gasteiger partial charge in [-0.1, -0.05) is 17.7 Å². The van der Waals surface area contributed by atoms with Gasteiger partial charge in [0.15, 0.2) is 6.61 Å². The van der Waals surface area contributed by atoms with Gasteiger partial charge in [-0.15, -0.1) is 0 Å². The highest BCUT2D eigenvalue weighted by Crippen LogP contribution is 2.36. The minimum Gasteiger partial charge on any atom is -0.493 e. The van der Waals surface area contributed by atoms with Crippen LogP contribution in [0, 0.1) is 13.8 Å². The van der Waals surface area contributed by atoms with Crippen molar-refractivity contribution in [1.29, 1.82) is 0 Å². The third-order valence-corrected chi connectivity index (χ3v) is 4.14. The number of amides is 1. The molecule has 0 spiro atoms. The van der Waals surface area contributed by atoms with Crippen LogP contribution in [0.2, 0.25) is 0 Å². The maximum absolute atomic E-state index is 12.7. The number of pyridine rings is 1. The van der Waals surface area contributed by atoms with Crippen LogP contribution in [-0.4, -0.2) is 30.5 Å². The molecule has 5 nitrogen and oxygen atoms in total. The Labute approximate surface area is 150 Å². The van der Waals surface area contributed by atoms with Crippen LogP contribution in [0.15, 0.2) is 30.5 Å². The second-order valence-corrected chi connectivity index (χ2v) is 6.22. The van der Waals surface area contributed by atoms with Crippen molar-refractivity contribution in [3.63, 3.8) is 0 Å². The fraction of sp³-hybridized carbons (Fsp3) is 0.368. The number of benzene rings is 1. The molecule has 1 aliphatic rings. The zero-order valence-electron chi connectivity index (χ0n) is 14.6. The van der Waals surface area contributed by atoms with E-state index < -0.39 is 18.9 Å². The molecule has 2 aromatic rings. The molecule has 1 N–H and O–H groups in total. The van der Waals surface area contributed by atoms with Gasteiger partial charge in [-0.3, -0.25) is 4.79 Å². The quantitative estimate of drug-likeness (QED) is 0.883. The lowest BCUT2D eigenvalue weighted by molar-refractivity contribution is 0.0768. The summed E-state index contributed by atoms with van der Waals surface area (Å²) in [5.74, 6) is 0.268. The number of nitrogens with one attached hydrogen (secondary N) is 1. The number of hydrogen-bond acceptors (Lipinski definition) is 4. The number of hydrogen-bond donors (Lipinski definition) is 1. The zero-order valence-corrected chi connectivity index (χ0v) is 14.6. The molecule has 0 saturated carbocycles. The number of aromatic nitrogens is 1. The van der Waals surface area contributed by atoms with Gasteiger partial charge in [0.05, 0.1) is 12.6 Å². The van der Waals surface area contributed by atoms with Gasteiger partial charge < -0.3 is 14.8 Å². The fourth-order valence-electron chi connectivity index (χ4n) is 3.08. The number of halogens is 2. The highest BCUT2D eigenvalue weighted by atomic mass is 19.3. The normalized spacial score (nSPS) is 16.0. The molecule has 0 saturated heterocycles. The van der Waals surface area contributed by atoms with Crippen molar-refractivity contribution in [2.24, 2.45) is 0 Å². The summed E-state index contributed by atoms with van der Waals surface area (Å²) in [4.78, 5) is 16.6. The van der Waals surface area contributed by atoms with E-state index in [1.807, 2.05) is 26.0 Å². The zero-order chi connectivity index (χ0) is 18.7. The first kappa shape index (κ1) is 18.1. The Bertz CT molecular complexity index is 811. The minimum atomic E-state index is -2.64. The number of alkyl halides is 2. The predicted octanol–water partition coefficient (Wildman–Crippen LogP) is 3.60. The number of fused-ring (bicyclic) bond motifs is 1. The van der Waals surface area contributed by atoms with Gasteiger partial charge in [0, 0.05) is 18.2 Å². The lowest BCUT2D eigenvalue weighted by atomic mass is 9.95. The number of carbonyl (C=O) groups excluding carboxylic acids is 1. The number of ether oxygens (including phenoxy) is 2. The van der Waals surface area contributed by atoms with Gasteiger partial charge in [0.2, 0.25) is 5.88 Å². The van der Waals surface area contributed by atoms with Crippen LogP contribution in [0.1, 0.15) is 39.5 Å². The molecule has 0 fully saturated rings. The largest absolute Gasteiger partial charge is 0.493 e. The summed E-state index contributed by atoms with van der Waals surface area (Å²) in [6.45, 7) is 3.63. The Morgan fingerprint density at radius 2 is 2.23 bits per heavy atom. The molecule has 0 bridgehead atoms. The lowest BCUT2D eigenvalue weighted by Gasteiger charge is -2.28. The molecule has 0 aliphatic carbocycles. The molecule has 7 heteroatoms. The highest BCUT2D eigenvalue weighted by Gasteiger charge is 2.26. The van der Waals surface area contributed by atoms with Gasteiger partial charge in [-0.25, -0.2) is 13.8 Å². The molecule has 1 amide bonds. The Morgan fingerprint density at radius 3 is 3.00 bits per heavy atom. The van der Waals surface area contributed by atoms with Crippen molar-refractivity contribution in [2.45, 2.75) is 32.7 Å². The summed E-state index contributed by atoms with van der Waals surface area (Å²) in [7, 11) is 0. The smallest absolute Gasteiger partial charge is 0.272 e. The lowest BCUT2D eigenvalue weighted by Crippen LogP contribution is -2.33. The van der Waals surface area contributed by atoms with Crippen molar-refractivity contribution in [1.82, 2.24) is 10.3 Å². The van der Waals surface area contributed by atoms with Gasteiger partial charge >= 0.3 is 0 Å². The van der Waals surface area contributed by atoms with Gasteiger partial charge in [0.25, 0.3) is 12.3 Å². The summed E-state index contributed by atoms with van der Waals surface area (Å²) in [6.07, 6.45) is -0.621.